The van der Waals surface area contributed by atoms with E-state index in [4.69, 9.17) is 6.42 Å². The van der Waals surface area contributed by atoms with Crippen LogP contribution in [-0.2, 0) is 6.42 Å². The fourth-order valence-corrected chi connectivity index (χ4v) is 2.97. The van der Waals surface area contributed by atoms with E-state index in [0.29, 0.717) is 5.92 Å². The quantitative estimate of drug-likeness (QED) is 0.291. The monoisotopic (exact) mass is 298 g/mol. The summed E-state index contributed by atoms with van der Waals surface area (Å²) in [5.41, 5.74) is 2.79. The molecule has 0 aliphatic carbocycles. The van der Waals surface area contributed by atoms with E-state index in [1.54, 1.807) is 0 Å². The van der Waals surface area contributed by atoms with Crippen LogP contribution in [-0.4, -0.2) is 0 Å². The minimum absolute atomic E-state index is 0.301. The minimum Gasteiger partial charge on any atom is -0.119 e. The van der Waals surface area contributed by atoms with E-state index in [1.807, 2.05) is 0 Å². The summed E-state index contributed by atoms with van der Waals surface area (Å²) >= 11 is 0. The van der Waals surface area contributed by atoms with Crippen LogP contribution in [0.1, 0.15) is 95.1 Å². The average molecular weight is 299 g/mol. The second-order valence-corrected chi connectivity index (χ2v) is 6.47. The highest BCUT2D eigenvalue weighted by atomic mass is 14.1. The van der Waals surface area contributed by atoms with E-state index in [9.17, 15) is 0 Å². The highest BCUT2D eigenvalue weighted by Gasteiger charge is 2.07. The van der Waals surface area contributed by atoms with E-state index in [0.717, 1.165) is 6.42 Å². The zero-order chi connectivity index (χ0) is 16.0. The van der Waals surface area contributed by atoms with Gasteiger partial charge in [0, 0.05) is 5.92 Å². The molecule has 0 aromatic heterocycles. The zero-order valence-corrected chi connectivity index (χ0v) is 14.7. The van der Waals surface area contributed by atoms with Crippen molar-refractivity contribution < 1.29 is 0 Å². The maximum atomic E-state index is 5.71. The molecule has 1 aromatic rings. The van der Waals surface area contributed by atoms with Crippen molar-refractivity contribution in [2.24, 2.45) is 0 Å². The van der Waals surface area contributed by atoms with Gasteiger partial charge in [-0.1, -0.05) is 95.4 Å². The lowest BCUT2D eigenvalue weighted by atomic mass is 9.92. The molecule has 0 bridgehead atoms. The van der Waals surface area contributed by atoms with Gasteiger partial charge < -0.3 is 0 Å². The van der Waals surface area contributed by atoms with Crippen LogP contribution in [0.3, 0.4) is 0 Å². The summed E-state index contributed by atoms with van der Waals surface area (Å²) in [4.78, 5) is 0. The van der Waals surface area contributed by atoms with Crippen molar-refractivity contribution in [1.82, 2.24) is 0 Å². The van der Waals surface area contributed by atoms with Crippen LogP contribution in [0.15, 0.2) is 24.3 Å². The SMILES string of the molecule is C#CC(CCCCC)c1ccc(CCCCCCCC)cc1. The number of hydrogen-bond acceptors (Lipinski definition) is 0. The molecule has 0 spiro atoms. The Morgan fingerprint density at radius 1 is 0.818 bits per heavy atom. The van der Waals surface area contributed by atoms with Gasteiger partial charge in [-0.3, -0.25) is 0 Å². The molecule has 1 atom stereocenters. The van der Waals surface area contributed by atoms with Crippen molar-refractivity contribution >= 4 is 0 Å². The summed E-state index contributed by atoms with van der Waals surface area (Å²) < 4.78 is 0. The number of rotatable bonds is 12. The van der Waals surface area contributed by atoms with Crippen LogP contribution in [0.2, 0.25) is 0 Å². The Hall–Kier alpha value is -1.22. The first-order chi connectivity index (χ1) is 10.8. The zero-order valence-electron chi connectivity index (χ0n) is 14.7. The third-order valence-corrected chi connectivity index (χ3v) is 4.50. The van der Waals surface area contributed by atoms with E-state index in [2.05, 4.69) is 44.0 Å². The van der Waals surface area contributed by atoms with E-state index < -0.39 is 0 Å². The second kappa shape index (κ2) is 12.3. The molecule has 0 nitrogen and oxygen atoms in total. The molecule has 0 N–H and O–H groups in total. The average Bonchev–Trinajstić information content (AvgIpc) is 2.56. The van der Waals surface area contributed by atoms with E-state index >= 15 is 0 Å². The van der Waals surface area contributed by atoms with Crippen molar-refractivity contribution in [3.05, 3.63) is 35.4 Å². The van der Waals surface area contributed by atoms with Gasteiger partial charge in [0.15, 0.2) is 0 Å². The molecule has 0 heterocycles. The topological polar surface area (TPSA) is 0 Å². The standard InChI is InChI=1S/C22H34/c1-4-7-9-10-11-13-14-20-16-18-22(19-17-20)21(6-3)15-12-8-5-2/h3,16-19,21H,4-5,7-15H2,1-2H3. The summed E-state index contributed by atoms with van der Waals surface area (Å²) in [6, 6.07) is 9.07. The molecule has 0 radical (unpaired) electrons. The highest BCUT2D eigenvalue weighted by molar-refractivity contribution is 5.30. The predicted octanol–water partition coefficient (Wildman–Crippen LogP) is 6.89. The van der Waals surface area contributed by atoms with Gasteiger partial charge in [-0.25, -0.2) is 0 Å². The predicted molar refractivity (Wildman–Crippen MR) is 99.2 cm³/mol. The van der Waals surface area contributed by atoms with Gasteiger partial charge in [-0.05, 0) is 30.4 Å². The number of benzene rings is 1. The molecular formula is C22H34. The summed E-state index contributed by atoms with van der Waals surface area (Å²) in [5, 5.41) is 0. The first kappa shape index (κ1) is 18.8. The first-order valence-corrected chi connectivity index (χ1v) is 9.36. The van der Waals surface area contributed by atoms with Crippen molar-refractivity contribution in [2.75, 3.05) is 0 Å². The van der Waals surface area contributed by atoms with Crippen molar-refractivity contribution in [1.29, 1.82) is 0 Å². The lowest BCUT2D eigenvalue weighted by molar-refractivity contribution is 0.607. The largest absolute Gasteiger partial charge is 0.119 e. The lowest BCUT2D eigenvalue weighted by Gasteiger charge is -2.11. The Labute approximate surface area is 138 Å². The first-order valence-electron chi connectivity index (χ1n) is 9.36. The Balaban J connectivity index is 2.33. The Morgan fingerprint density at radius 3 is 2.05 bits per heavy atom. The summed E-state index contributed by atoms with van der Waals surface area (Å²) in [7, 11) is 0. The van der Waals surface area contributed by atoms with Crippen LogP contribution in [0.4, 0.5) is 0 Å². The molecule has 0 heteroatoms. The number of hydrogen-bond donors (Lipinski definition) is 0. The van der Waals surface area contributed by atoms with Gasteiger partial charge in [0.05, 0.1) is 0 Å². The van der Waals surface area contributed by atoms with Gasteiger partial charge in [-0.2, -0.15) is 0 Å². The van der Waals surface area contributed by atoms with Crippen LogP contribution >= 0.6 is 0 Å². The maximum Gasteiger partial charge on any atom is 0.0449 e. The second-order valence-electron chi connectivity index (χ2n) is 6.47. The van der Waals surface area contributed by atoms with Gasteiger partial charge in [0.1, 0.15) is 0 Å². The summed E-state index contributed by atoms with van der Waals surface area (Å²) in [5.74, 6) is 3.27. The van der Waals surface area contributed by atoms with Crippen molar-refractivity contribution in [2.45, 2.75) is 90.4 Å². The molecule has 0 aliphatic rings. The van der Waals surface area contributed by atoms with Crippen molar-refractivity contribution in [3.8, 4) is 12.3 Å². The number of aryl methyl sites for hydroxylation is 1. The molecule has 122 valence electrons. The molecule has 0 saturated heterocycles. The normalized spacial score (nSPS) is 12.0. The highest BCUT2D eigenvalue weighted by Crippen LogP contribution is 2.22. The third kappa shape index (κ3) is 7.69. The molecule has 0 aliphatic heterocycles. The van der Waals surface area contributed by atoms with Gasteiger partial charge in [0.25, 0.3) is 0 Å². The maximum absolute atomic E-state index is 5.71. The molecule has 1 rings (SSSR count). The third-order valence-electron chi connectivity index (χ3n) is 4.50. The van der Waals surface area contributed by atoms with Gasteiger partial charge in [0.2, 0.25) is 0 Å². The van der Waals surface area contributed by atoms with E-state index in [-0.39, 0.29) is 0 Å². The molecule has 1 aromatic carbocycles. The fraction of sp³-hybridized carbons (Fsp3) is 0.636. The molecule has 22 heavy (non-hydrogen) atoms. The van der Waals surface area contributed by atoms with Crippen LogP contribution in [0.5, 0.6) is 0 Å². The molecule has 1 unspecified atom stereocenters. The smallest absolute Gasteiger partial charge is 0.0449 e. The molecule has 0 saturated carbocycles. The summed E-state index contributed by atoms with van der Waals surface area (Å²) in [6.45, 7) is 4.51. The number of terminal acetylenes is 1. The molecular weight excluding hydrogens is 264 g/mol. The lowest BCUT2D eigenvalue weighted by Crippen LogP contribution is -1.96. The fourth-order valence-electron chi connectivity index (χ4n) is 2.97. The minimum atomic E-state index is 0.301. The Bertz CT molecular complexity index is 407. The van der Waals surface area contributed by atoms with Gasteiger partial charge >= 0.3 is 0 Å². The molecule has 0 amide bonds. The van der Waals surface area contributed by atoms with Gasteiger partial charge in [-0.15, -0.1) is 6.42 Å². The van der Waals surface area contributed by atoms with Crippen LogP contribution < -0.4 is 0 Å². The van der Waals surface area contributed by atoms with Crippen LogP contribution in [0.25, 0.3) is 0 Å². The van der Waals surface area contributed by atoms with Crippen molar-refractivity contribution in [3.63, 3.8) is 0 Å². The molecule has 0 fully saturated rings. The summed E-state index contributed by atoms with van der Waals surface area (Å²) in [6.07, 6.45) is 20.0. The van der Waals surface area contributed by atoms with E-state index in [1.165, 1.54) is 75.3 Å². The number of unbranched alkanes of at least 4 members (excludes halogenated alkanes) is 7. The van der Waals surface area contributed by atoms with Crippen LogP contribution in [0, 0.1) is 12.3 Å². The Kier molecular flexibility index (Phi) is 10.6. The Morgan fingerprint density at radius 2 is 1.41 bits per heavy atom.